The molecule has 2 aliphatic heterocycles. The number of amides is 1. The highest BCUT2D eigenvalue weighted by molar-refractivity contribution is 5.82. The summed E-state index contributed by atoms with van der Waals surface area (Å²) in [6.07, 6.45) is 10.6. The Bertz CT molecular complexity index is 639. The largest absolute Gasteiger partial charge is 0.381 e. The first kappa shape index (κ1) is 24.1. The van der Waals surface area contributed by atoms with Crippen LogP contribution in [0.25, 0.3) is 0 Å². The number of aldehydes is 1. The van der Waals surface area contributed by atoms with Gasteiger partial charge < -0.3 is 19.3 Å². The van der Waals surface area contributed by atoms with Crippen molar-refractivity contribution >= 4 is 12.2 Å². The standard InChI is InChI=1S/C25H43N3O4/c1-26(2)22-14-19(13-20(15-22)25(30)28-11-5-8-21(28)17-29)23-9-4-7-18(24(23)31-3)16-27-10-6-12-32-27/h17-24H,4-16H2,1-3H3. The van der Waals surface area contributed by atoms with Gasteiger partial charge in [-0.05, 0) is 77.3 Å². The van der Waals surface area contributed by atoms with Crippen LogP contribution >= 0.6 is 0 Å². The van der Waals surface area contributed by atoms with E-state index in [1.54, 1.807) is 0 Å². The Morgan fingerprint density at radius 1 is 1.09 bits per heavy atom. The fourth-order valence-corrected chi connectivity index (χ4v) is 7.01. The number of hydroxylamine groups is 2. The lowest BCUT2D eigenvalue weighted by Gasteiger charge is -2.47. The Morgan fingerprint density at radius 3 is 2.62 bits per heavy atom. The number of hydrogen-bond donors (Lipinski definition) is 0. The SMILES string of the molecule is COC1C(CN2CCCO2)CCCC1C1CC(C(=O)N2CCCC2C=O)CC(N(C)C)C1. The number of nitrogens with zero attached hydrogens (tertiary/aromatic N) is 3. The van der Waals surface area contributed by atoms with Crippen LogP contribution in [0.1, 0.15) is 57.8 Å². The average Bonchev–Trinajstić information content (AvgIpc) is 3.50. The van der Waals surface area contributed by atoms with E-state index in [0.717, 1.165) is 71.1 Å². The highest BCUT2D eigenvalue weighted by Crippen LogP contribution is 2.45. The lowest BCUT2D eigenvalue weighted by Crippen LogP contribution is -2.50. The minimum Gasteiger partial charge on any atom is -0.381 e. The minimum atomic E-state index is -0.216. The Hall–Kier alpha value is -1.02. The third-order valence-corrected chi connectivity index (χ3v) is 8.68. The number of carbonyl (C=O) groups is 2. The summed E-state index contributed by atoms with van der Waals surface area (Å²) in [6.45, 7) is 3.55. The van der Waals surface area contributed by atoms with Gasteiger partial charge in [0.25, 0.3) is 0 Å². The Morgan fingerprint density at radius 2 is 1.94 bits per heavy atom. The molecule has 7 nitrogen and oxygen atoms in total. The van der Waals surface area contributed by atoms with E-state index < -0.39 is 0 Å². The molecule has 182 valence electrons. The van der Waals surface area contributed by atoms with Crippen LogP contribution in [0.4, 0.5) is 0 Å². The predicted molar refractivity (Wildman–Crippen MR) is 123 cm³/mol. The van der Waals surface area contributed by atoms with Gasteiger partial charge in [-0.25, -0.2) is 0 Å². The van der Waals surface area contributed by atoms with Crippen LogP contribution in [0.2, 0.25) is 0 Å². The van der Waals surface area contributed by atoms with E-state index in [9.17, 15) is 9.59 Å². The Kier molecular flexibility index (Phi) is 8.24. The maximum atomic E-state index is 13.5. The molecule has 32 heavy (non-hydrogen) atoms. The van der Waals surface area contributed by atoms with Crippen LogP contribution in [0.3, 0.4) is 0 Å². The van der Waals surface area contributed by atoms with E-state index in [2.05, 4.69) is 24.1 Å². The second kappa shape index (κ2) is 10.9. The van der Waals surface area contributed by atoms with E-state index >= 15 is 0 Å². The summed E-state index contributed by atoms with van der Waals surface area (Å²) in [5.74, 6) is 1.68. The summed E-state index contributed by atoms with van der Waals surface area (Å²) in [5, 5.41) is 2.14. The average molecular weight is 450 g/mol. The lowest BCUT2D eigenvalue weighted by atomic mass is 9.65. The summed E-state index contributed by atoms with van der Waals surface area (Å²) in [5.41, 5.74) is 0. The molecule has 4 rings (SSSR count). The number of carbonyl (C=O) groups excluding carboxylic acids is 2. The van der Waals surface area contributed by atoms with Crippen LogP contribution < -0.4 is 0 Å². The van der Waals surface area contributed by atoms with Crippen LogP contribution in [0.5, 0.6) is 0 Å². The monoisotopic (exact) mass is 449 g/mol. The molecule has 4 fully saturated rings. The van der Waals surface area contributed by atoms with E-state index in [0.29, 0.717) is 23.8 Å². The van der Waals surface area contributed by atoms with Crippen molar-refractivity contribution < 1.29 is 19.2 Å². The second-order valence-electron chi connectivity index (χ2n) is 10.8. The molecule has 4 aliphatic rings. The van der Waals surface area contributed by atoms with Gasteiger partial charge in [-0.15, -0.1) is 0 Å². The van der Waals surface area contributed by atoms with Gasteiger partial charge in [-0.2, -0.15) is 5.06 Å². The van der Waals surface area contributed by atoms with Gasteiger partial charge in [0.05, 0.1) is 18.8 Å². The third-order valence-electron chi connectivity index (χ3n) is 8.68. The van der Waals surface area contributed by atoms with Crippen molar-refractivity contribution in [2.45, 2.75) is 76.0 Å². The number of rotatable bonds is 7. The number of likely N-dealkylation sites (tertiary alicyclic amines) is 1. The van der Waals surface area contributed by atoms with Gasteiger partial charge >= 0.3 is 0 Å². The molecule has 2 aliphatic carbocycles. The fraction of sp³-hybridized carbons (Fsp3) is 0.920. The third kappa shape index (κ3) is 5.21. The number of methoxy groups -OCH3 is 1. The van der Waals surface area contributed by atoms with Gasteiger partial charge in [-0.3, -0.25) is 9.63 Å². The van der Waals surface area contributed by atoms with E-state index in [4.69, 9.17) is 9.57 Å². The Labute approximate surface area is 193 Å². The first-order chi connectivity index (χ1) is 15.5. The number of ether oxygens (including phenoxy) is 1. The summed E-state index contributed by atoms with van der Waals surface area (Å²) in [6, 6.07) is 0.187. The first-order valence-corrected chi connectivity index (χ1v) is 12.8. The summed E-state index contributed by atoms with van der Waals surface area (Å²) >= 11 is 0. The zero-order valence-electron chi connectivity index (χ0n) is 20.3. The van der Waals surface area contributed by atoms with Gasteiger partial charge in [0.2, 0.25) is 5.91 Å². The van der Waals surface area contributed by atoms with Crippen LogP contribution in [0, 0.1) is 23.7 Å². The lowest BCUT2D eigenvalue weighted by molar-refractivity contribution is -0.147. The molecule has 0 spiro atoms. The maximum absolute atomic E-state index is 13.5. The van der Waals surface area contributed by atoms with Crippen molar-refractivity contribution in [1.29, 1.82) is 0 Å². The number of hydrogen-bond acceptors (Lipinski definition) is 6. The van der Waals surface area contributed by atoms with Crippen LogP contribution in [0.15, 0.2) is 0 Å². The van der Waals surface area contributed by atoms with Crippen molar-refractivity contribution in [3.63, 3.8) is 0 Å². The smallest absolute Gasteiger partial charge is 0.226 e. The molecule has 0 aromatic rings. The van der Waals surface area contributed by atoms with Crippen molar-refractivity contribution in [1.82, 2.24) is 14.9 Å². The molecule has 7 atom stereocenters. The predicted octanol–water partition coefficient (Wildman–Crippen LogP) is 2.59. The fourth-order valence-electron chi connectivity index (χ4n) is 7.01. The molecule has 0 radical (unpaired) electrons. The van der Waals surface area contributed by atoms with Crippen molar-refractivity contribution in [3.05, 3.63) is 0 Å². The van der Waals surface area contributed by atoms with E-state index in [-0.39, 0.29) is 24.0 Å². The van der Waals surface area contributed by atoms with Crippen molar-refractivity contribution in [2.75, 3.05) is 47.4 Å². The normalized spacial score (nSPS) is 39.0. The van der Waals surface area contributed by atoms with Gasteiger partial charge in [0.1, 0.15) is 6.29 Å². The molecule has 0 aromatic carbocycles. The van der Waals surface area contributed by atoms with Gasteiger partial charge in [0, 0.05) is 44.6 Å². The molecule has 0 N–H and O–H groups in total. The minimum absolute atomic E-state index is 0.0153. The van der Waals surface area contributed by atoms with Gasteiger partial charge in [-0.1, -0.05) is 6.42 Å². The molecule has 7 heteroatoms. The molecular formula is C25H43N3O4. The summed E-state index contributed by atoms with van der Waals surface area (Å²) in [4.78, 5) is 35.0. The topological polar surface area (TPSA) is 62.3 Å². The molecule has 0 bridgehead atoms. The maximum Gasteiger partial charge on any atom is 0.226 e. The van der Waals surface area contributed by atoms with Crippen LogP contribution in [-0.4, -0.2) is 92.7 Å². The molecule has 2 heterocycles. The molecular weight excluding hydrogens is 406 g/mol. The molecule has 1 amide bonds. The Balaban J connectivity index is 1.48. The highest BCUT2D eigenvalue weighted by atomic mass is 16.7. The zero-order valence-corrected chi connectivity index (χ0v) is 20.3. The summed E-state index contributed by atoms with van der Waals surface area (Å²) in [7, 11) is 6.15. The molecule has 0 aromatic heterocycles. The molecule has 2 saturated heterocycles. The quantitative estimate of drug-likeness (QED) is 0.557. The van der Waals surface area contributed by atoms with Gasteiger partial charge in [0.15, 0.2) is 0 Å². The zero-order chi connectivity index (χ0) is 22.7. The van der Waals surface area contributed by atoms with Crippen molar-refractivity contribution in [3.8, 4) is 0 Å². The second-order valence-corrected chi connectivity index (χ2v) is 10.8. The molecule has 2 saturated carbocycles. The first-order valence-electron chi connectivity index (χ1n) is 12.8. The highest BCUT2D eigenvalue weighted by Gasteiger charge is 2.45. The van der Waals surface area contributed by atoms with E-state index in [1.807, 2.05) is 12.0 Å². The molecule has 7 unspecified atom stereocenters. The van der Waals surface area contributed by atoms with Crippen LogP contribution in [-0.2, 0) is 19.2 Å². The summed E-state index contributed by atoms with van der Waals surface area (Å²) < 4.78 is 6.17. The van der Waals surface area contributed by atoms with E-state index in [1.165, 1.54) is 19.3 Å². The van der Waals surface area contributed by atoms with Crippen molar-refractivity contribution in [2.24, 2.45) is 23.7 Å².